The Morgan fingerprint density at radius 3 is 2.90 bits per heavy atom. The first-order valence-electron chi connectivity index (χ1n) is 8.29. The van der Waals surface area contributed by atoms with E-state index in [1.54, 1.807) is 0 Å². The van der Waals surface area contributed by atoms with Gasteiger partial charge in [0.25, 0.3) is 0 Å². The van der Waals surface area contributed by atoms with Crippen LogP contribution in [-0.2, 0) is 12.8 Å². The van der Waals surface area contributed by atoms with Gasteiger partial charge in [-0.15, -0.1) is 0 Å². The van der Waals surface area contributed by atoms with Crippen LogP contribution in [0, 0.1) is 11.8 Å². The number of rotatable bonds is 4. The minimum Gasteiger partial charge on any atom is -0.319 e. The van der Waals surface area contributed by atoms with Gasteiger partial charge in [0.05, 0.1) is 0 Å². The Bertz CT molecular complexity index is 458. The molecule has 20 heavy (non-hydrogen) atoms. The predicted molar refractivity (Wildman–Crippen MR) is 81.8 cm³/mol. The van der Waals surface area contributed by atoms with Crippen molar-refractivity contribution in [3.8, 4) is 0 Å². The molecule has 0 saturated heterocycles. The Morgan fingerprint density at radius 2 is 2.15 bits per heavy atom. The molecule has 1 aromatic heterocycles. The lowest BCUT2D eigenvalue weighted by Crippen LogP contribution is -2.26. The summed E-state index contributed by atoms with van der Waals surface area (Å²) in [6.07, 6.45) is 11.0. The van der Waals surface area contributed by atoms with Gasteiger partial charge >= 0.3 is 0 Å². The Balaban J connectivity index is 1.71. The van der Waals surface area contributed by atoms with Crippen LogP contribution in [0.2, 0.25) is 0 Å². The summed E-state index contributed by atoms with van der Waals surface area (Å²) in [7, 11) is 2.04. The Kier molecular flexibility index (Phi) is 4.35. The number of hydrogen-bond acceptors (Lipinski definition) is 3. The van der Waals surface area contributed by atoms with Crippen LogP contribution < -0.4 is 5.32 Å². The molecule has 0 radical (unpaired) electrons. The average molecular weight is 273 g/mol. The molecule has 3 rings (SSSR count). The monoisotopic (exact) mass is 273 g/mol. The first kappa shape index (κ1) is 14.0. The van der Waals surface area contributed by atoms with E-state index in [2.05, 4.69) is 18.4 Å². The van der Waals surface area contributed by atoms with E-state index in [-0.39, 0.29) is 0 Å². The molecule has 2 aliphatic carbocycles. The van der Waals surface area contributed by atoms with Gasteiger partial charge in [0.1, 0.15) is 5.82 Å². The molecule has 0 amide bonds. The van der Waals surface area contributed by atoms with Crippen LogP contribution in [0.4, 0.5) is 0 Å². The lowest BCUT2D eigenvalue weighted by atomic mass is 9.87. The largest absolute Gasteiger partial charge is 0.319 e. The van der Waals surface area contributed by atoms with Crippen molar-refractivity contribution in [2.75, 3.05) is 13.6 Å². The van der Waals surface area contributed by atoms with E-state index in [1.165, 1.54) is 43.4 Å². The highest BCUT2D eigenvalue weighted by Crippen LogP contribution is 2.38. The molecule has 1 heterocycles. The maximum atomic E-state index is 4.93. The Hall–Kier alpha value is -0.960. The predicted octanol–water partition coefficient (Wildman–Crippen LogP) is 3.09. The minimum atomic E-state index is 0.625. The highest BCUT2D eigenvalue weighted by atomic mass is 14.9. The molecule has 0 aliphatic heterocycles. The van der Waals surface area contributed by atoms with Crippen molar-refractivity contribution < 1.29 is 0 Å². The SMILES string of the molecule is CCC1CCC(c2ncc3c(n2)CCC(CNC)C3)C1. The smallest absolute Gasteiger partial charge is 0.131 e. The van der Waals surface area contributed by atoms with E-state index >= 15 is 0 Å². The molecule has 2 aliphatic rings. The minimum absolute atomic E-state index is 0.625. The molecule has 110 valence electrons. The quantitative estimate of drug-likeness (QED) is 0.916. The normalized spacial score (nSPS) is 29.4. The number of nitrogens with zero attached hydrogens (tertiary/aromatic N) is 2. The summed E-state index contributed by atoms with van der Waals surface area (Å²) < 4.78 is 0. The third-order valence-corrected chi connectivity index (χ3v) is 5.25. The van der Waals surface area contributed by atoms with Crippen LogP contribution in [0.25, 0.3) is 0 Å². The molecule has 3 unspecified atom stereocenters. The van der Waals surface area contributed by atoms with Crippen LogP contribution in [0.3, 0.4) is 0 Å². The molecule has 0 spiro atoms. The van der Waals surface area contributed by atoms with Gasteiger partial charge in [-0.3, -0.25) is 0 Å². The van der Waals surface area contributed by atoms with Crippen LogP contribution in [0.1, 0.15) is 62.0 Å². The van der Waals surface area contributed by atoms with Gasteiger partial charge < -0.3 is 5.32 Å². The molecule has 0 aromatic carbocycles. The highest BCUT2D eigenvalue weighted by Gasteiger charge is 2.28. The van der Waals surface area contributed by atoms with Crippen molar-refractivity contribution in [1.82, 2.24) is 15.3 Å². The molecule has 1 N–H and O–H groups in total. The Morgan fingerprint density at radius 1 is 1.25 bits per heavy atom. The summed E-state index contributed by atoms with van der Waals surface area (Å²) in [6.45, 7) is 3.42. The first-order chi connectivity index (χ1) is 9.80. The summed E-state index contributed by atoms with van der Waals surface area (Å²) in [5.74, 6) is 3.42. The standard InChI is InChI=1S/C17H27N3/c1-3-12-4-6-14(8-12)17-19-11-15-9-13(10-18-2)5-7-16(15)20-17/h11-14,18H,3-10H2,1-2H3. The second-order valence-electron chi connectivity index (χ2n) is 6.65. The van der Waals surface area contributed by atoms with Crippen LogP contribution in [0.15, 0.2) is 6.20 Å². The van der Waals surface area contributed by atoms with Gasteiger partial charge in [-0.25, -0.2) is 9.97 Å². The fraction of sp³-hybridized carbons (Fsp3) is 0.765. The van der Waals surface area contributed by atoms with Crippen molar-refractivity contribution in [3.05, 3.63) is 23.3 Å². The molecular weight excluding hydrogens is 246 g/mol. The number of aryl methyl sites for hydroxylation is 1. The van der Waals surface area contributed by atoms with E-state index in [1.807, 2.05) is 7.05 Å². The van der Waals surface area contributed by atoms with Crippen LogP contribution >= 0.6 is 0 Å². The number of fused-ring (bicyclic) bond motifs is 1. The van der Waals surface area contributed by atoms with Crippen molar-refractivity contribution in [1.29, 1.82) is 0 Å². The second-order valence-corrected chi connectivity index (χ2v) is 6.65. The van der Waals surface area contributed by atoms with Gasteiger partial charge in [-0.1, -0.05) is 13.3 Å². The molecule has 0 bridgehead atoms. The summed E-state index contributed by atoms with van der Waals surface area (Å²) in [6, 6.07) is 0. The summed E-state index contributed by atoms with van der Waals surface area (Å²) >= 11 is 0. The maximum absolute atomic E-state index is 4.93. The van der Waals surface area contributed by atoms with Crippen LogP contribution in [0.5, 0.6) is 0 Å². The van der Waals surface area contributed by atoms with E-state index in [4.69, 9.17) is 9.97 Å². The zero-order chi connectivity index (χ0) is 13.9. The molecule has 1 saturated carbocycles. The highest BCUT2D eigenvalue weighted by molar-refractivity contribution is 5.22. The van der Waals surface area contributed by atoms with Gasteiger partial charge in [-0.2, -0.15) is 0 Å². The molecular formula is C17H27N3. The fourth-order valence-electron chi connectivity index (χ4n) is 3.94. The molecule has 3 atom stereocenters. The summed E-state index contributed by atoms with van der Waals surface area (Å²) in [5, 5.41) is 3.29. The molecule has 1 aromatic rings. The van der Waals surface area contributed by atoms with Crippen molar-refractivity contribution >= 4 is 0 Å². The van der Waals surface area contributed by atoms with E-state index in [0.29, 0.717) is 5.92 Å². The molecule has 3 heteroatoms. The maximum Gasteiger partial charge on any atom is 0.131 e. The number of aromatic nitrogens is 2. The lowest BCUT2D eigenvalue weighted by Gasteiger charge is -2.24. The van der Waals surface area contributed by atoms with E-state index < -0.39 is 0 Å². The van der Waals surface area contributed by atoms with Crippen LogP contribution in [-0.4, -0.2) is 23.6 Å². The fourth-order valence-corrected chi connectivity index (χ4v) is 3.94. The van der Waals surface area contributed by atoms with Gasteiger partial charge in [0.2, 0.25) is 0 Å². The first-order valence-corrected chi connectivity index (χ1v) is 8.29. The van der Waals surface area contributed by atoms with Gasteiger partial charge in [0, 0.05) is 17.8 Å². The topological polar surface area (TPSA) is 37.8 Å². The third-order valence-electron chi connectivity index (χ3n) is 5.25. The number of nitrogens with one attached hydrogen (secondary N) is 1. The third kappa shape index (κ3) is 2.88. The second kappa shape index (κ2) is 6.21. The lowest BCUT2D eigenvalue weighted by molar-refractivity contribution is 0.431. The van der Waals surface area contributed by atoms with E-state index in [9.17, 15) is 0 Å². The van der Waals surface area contributed by atoms with E-state index in [0.717, 1.165) is 37.0 Å². The molecule has 1 fully saturated rings. The van der Waals surface area contributed by atoms with Crippen molar-refractivity contribution in [3.63, 3.8) is 0 Å². The summed E-state index contributed by atoms with van der Waals surface area (Å²) in [5.41, 5.74) is 2.73. The van der Waals surface area contributed by atoms with Gasteiger partial charge in [-0.05, 0) is 69.5 Å². The van der Waals surface area contributed by atoms with Crippen molar-refractivity contribution in [2.24, 2.45) is 11.8 Å². The van der Waals surface area contributed by atoms with Crippen molar-refractivity contribution in [2.45, 2.75) is 57.8 Å². The molecule has 3 nitrogen and oxygen atoms in total. The average Bonchev–Trinajstić information content (AvgIpc) is 2.96. The zero-order valence-electron chi connectivity index (χ0n) is 12.9. The number of hydrogen-bond donors (Lipinski definition) is 1. The van der Waals surface area contributed by atoms with Gasteiger partial charge in [0.15, 0.2) is 0 Å². The zero-order valence-corrected chi connectivity index (χ0v) is 12.9. The Labute approximate surface area is 122 Å². The summed E-state index contributed by atoms with van der Waals surface area (Å²) in [4.78, 5) is 9.63.